The van der Waals surface area contributed by atoms with Gasteiger partial charge in [0.1, 0.15) is 12.4 Å². The summed E-state index contributed by atoms with van der Waals surface area (Å²) in [6, 6.07) is 6.79. The zero-order valence-electron chi connectivity index (χ0n) is 15.3. The average Bonchev–Trinajstić information content (AvgIpc) is 2.69. The summed E-state index contributed by atoms with van der Waals surface area (Å²) in [7, 11) is 0. The number of pyridine rings is 1. The van der Waals surface area contributed by atoms with E-state index >= 15 is 0 Å². The first-order chi connectivity index (χ1) is 13.4. The minimum absolute atomic E-state index is 0.0413. The number of anilines is 2. The molecule has 0 atom stereocenters. The van der Waals surface area contributed by atoms with Crippen LogP contribution in [0, 0.1) is 0 Å². The van der Waals surface area contributed by atoms with Gasteiger partial charge in [0.25, 0.3) is 0 Å². The van der Waals surface area contributed by atoms with Gasteiger partial charge in [0.2, 0.25) is 11.8 Å². The molecule has 0 spiro atoms. The van der Waals surface area contributed by atoms with E-state index in [0.717, 1.165) is 0 Å². The molecule has 0 aromatic carbocycles. The number of hydrogen-bond acceptors (Lipinski definition) is 9. The van der Waals surface area contributed by atoms with Crippen LogP contribution in [-0.4, -0.2) is 47.3 Å². The van der Waals surface area contributed by atoms with Gasteiger partial charge >= 0.3 is 0 Å². The van der Waals surface area contributed by atoms with Crippen molar-refractivity contribution < 1.29 is 9.53 Å². The maximum Gasteiger partial charge on any atom is 0.239 e. The molecule has 2 aromatic heterocycles. The molecule has 148 valence electrons. The Morgan fingerprint density at radius 1 is 1.36 bits per heavy atom. The average molecular weight is 405 g/mol. The van der Waals surface area contributed by atoms with E-state index in [2.05, 4.69) is 20.5 Å². The van der Waals surface area contributed by atoms with Crippen molar-refractivity contribution in [2.24, 2.45) is 11.6 Å². The number of rotatable bonds is 6. The fourth-order valence-electron chi connectivity index (χ4n) is 2.56. The second-order valence-corrected chi connectivity index (χ2v) is 6.56. The molecule has 0 saturated carbocycles. The van der Waals surface area contributed by atoms with E-state index < -0.39 is 0 Å². The van der Waals surface area contributed by atoms with E-state index in [1.165, 1.54) is 11.2 Å². The van der Waals surface area contributed by atoms with Crippen molar-refractivity contribution in [1.82, 2.24) is 20.5 Å². The van der Waals surface area contributed by atoms with E-state index in [0.29, 0.717) is 47.0 Å². The van der Waals surface area contributed by atoms with Gasteiger partial charge in [0.15, 0.2) is 5.82 Å². The van der Waals surface area contributed by atoms with E-state index in [-0.39, 0.29) is 19.1 Å². The predicted octanol–water partition coefficient (Wildman–Crippen LogP) is 0.411. The number of nitrogens with one attached hydrogen (secondary N) is 1. The molecule has 1 saturated heterocycles. The number of ether oxygens (including phenoxy) is 1. The van der Waals surface area contributed by atoms with Gasteiger partial charge in [-0.1, -0.05) is 11.6 Å². The molecule has 0 unspecified atom stereocenters. The Balaban J connectivity index is 1.64. The number of carbonyl (C=O) groups excluding carboxylic acids is 1. The van der Waals surface area contributed by atoms with Crippen molar-refractivity contribution >= 4 is 29.1 Å². The highest BCUT2D eigenvalue weighted by atomic mass is 35.5. The molecule has 1 amide bonds. The summed E-state index contributed by atoms with van der Waals surface area (Å²) in [6.45, 7) is 3.29. The van der Waals surface area contributed by atoms with E-state index in [9.17, 15) is 4.79 Å². The Labute approximate surface area is 167 Å². The van der Waals surface area contributed by atoms with Crippen LogP contribution in [0.5, 0.6) is 5.88 Å². The summed E-state index contributed by atoms with van der Waals surface area (Å²) in [5, 5.41) is 12.8. The van der Waals surface area contributed by atoms with Crippen LogP contribution in [0.4, 0.5) is 11.6 Å². The lowest BCUT2D eigenvalue weighted by atomic mass is 10.3. The number of nitrogens with zero attached hydrogens (tertiary/aromatic N) is 5. The van der Waals surface area contributed by atoms with E-state index in [1.807, 2.05) is 4.90 Å². The largest absolute Gasteiger partial charge is 0.470 e. The van der Waals surface area contributed by atoms with E-state index in [4.69, 9.17) is 27.9 Å². The van der Waals surface area contributed by atoms with Crippen LogP contribution < -0.4 is 31.5 Å². The van der Waals surface area contributed by atoms with Crippen molar-refractivity contribution in [3.63, 3.8) is 0 Å². The van der Waals surface area contributed by atoms with Gasteiger partial charge in [0.05, 0.1) is 17.3 Å². The van der Waals surface area contributed by atoms with Gasteiger partial charge < -0.3 is 20.7 Å². The third kappa shape index (κ3) is 4.78. The molecule has 1 aliphatic rings. The number of halogens is 1. The molecule has 0 radical (unpaired) electrons. The van der Waals surface area contributed by atoms with Crippen LogP contribution >= 0.6 is 11.6 Å². The maximum absolute atomic E-state index is 11.5. The molecule has 1 aliphatic heterocycles. The van der Waals surface area contributed by atoms with Crippen LogP contribution in [0.3, 0.4) is 0 Å². The molecule has 28 heavy (non-hydrogen) atoms. The van der Waals surface area contributed by atoms with Gasteiger partial charge in [-0.15, -0.1) is 10.2 Å². The van der Waals surface area contributed by atoms with Crippen LogP contribution in [0.2, 0.25) is 5.02 Å². The number of piperazine rings is 1. The van der Waals surface area contributed by atoms with Crippen molar-refractivity contribution in [2.45, 2.75) is 6.92 Å². The van der Waals surface area contributed by atoms with Gasteiger partial charge in [-0.25, -0.2) is 10.8 Å². The molecular weight excluding hydrogens is 384 g/mol. The minimum atomic E-state index is -0.0413. The van der Waals surface area contributed by atoms with Gasteiger partial charge in [-0.2, -0.15) is 0 Å². The highest BCUT2D eigenvalue weighted by Crippen LogP contribution is 2.18. The normalized spacial score (nSPS) is 15.0. The highest BCUT2D eigenvalue weighted by Gasteiger charge is 2.18. The van der Waals surface area contributed by atoms with Crippen molar-refractivity contribution in [1.29, 1.82) is 0 Å². The molecule has 3 rings (SSSR count). The SMILES string of the molecule is C/C(N)=C(\COc1ccc(N2CCNC(=O)C2)nn1)N(N)c1ccc(Cl)cn1. The monoisotopic (exact) mass is 404 g/mol. The number of amides is 1. The summed E-state index contributed by atoms with van der Waals surface area (Å²) in [5.41, 5.74) is 6.94. The van der Waals surface area contributed by atoms with Crippen LogP contribution in [0.25, 0.3) is 0 Å². The summed E-state index contributed by atoms with van der Waals surface area (Å²) in [6.07, 6.45) is 1.49. The topological polar surface area (TPSA) is 136 Å². The van der Waals surface area contributed by atoms with Crippen molar-refractivity contribution in [3.05, 3.63) is 46.9 Å². The van der Waals surface area contributed by atoms with Crippen LogP contribution in [-0.2, 0) is 4.79 Å². The number of nitrogens with two attached hydrogens (primary N) is 2. The maximum atomic E-state index is 11.5. The third-order valence-electron chi connectivity index (χ3n) is 4.05. The number of aromatic nitrogens is 3. The Bertz CT molecular complexity index is 852. The lowest BCUT2D eigenvalue weighted by Crippen LogP contribution is -2.48. The Kier molecular flexibility index (Phi) is 6.12. The molecular formula is C17H21ClN8O2. The minimum Gasteiger partial charge on any atom is -0.470 e. The molecule has 10 nitrogen and oxygen atoms in total. The molecule has 3 heterocycles. The number of allylic oxidation sites excluding steroid dienone is 1. The zero-order chi connectivity index (χ0) is 20.1. The molecule has 11 heteroatoms. The van der Waals surface area contributed by atoms with Crippen LogP contribution in [0.1, 0.15) is 6.92 Å². The Morgan fingerprint density at radius 2 is 2.18 bits per heavy atom. The number of carbonyl (C=O) groups is 1. The van der Waals surface area contributed by atoms with Gasteiger partial charge in [-0.3, -0.25) is 9.80 Å². The van der Waals surface area contributed by atoms with Crippen molar-refractivity contribution in [3.8, 4) is 5.88 Å². The standard InChI is InChI=1S/C17H21ClN8O2/c1-11(19)13(26(20)14-3-2-12(18)8-22-14)10-28-17-5-4-15(23-24-17)25-7-6-21-16(27)9-25/h2-5,8H,6-7,9-10,19-20H2,1H3,(H,21,27)/b13-11-. The summed E-state index contributed by atoms with van der Waals surface area (Å²) in [5.74, 6) is 7.46. The summed E-state index contributed by atoms with van der Waals surface area (Å²) in [4.78, 5) is 17.5. The smallest absolute Gasteiger partial charge is 0.239 e. The fraction of sp³-hybridized carbons (Fsp3) is 0.294. The van der Waals surface area contributed by atoms with Gasteiger partial charge in [0, 0.05) is 31.0 Å². The lowest BCUT2D eigenvalue weighted by molar-refractivity contribution is -0.120. The van der Waals surface area contributed by atoms with Gasteiger partial charge in [-0.05, 0) is 25.1 Å². The second kappa shape index (κ2) is 8.72. The first-order valence-corrected chi connectivity index (χ1v) is 8.91. The zero-order valence-corrected chi connectivity index (χ0v) is 16.1. The summed E-state index contributed by atoms with van der Waals surface area (Å²) < 4.78 is 5.67. The first-order valence-electron chi connectivity index (χ1n) is 8.54. The Morgan fingerprint density at radius 3 is 2.79 bits per heavy atom. The molecule has 2 aromatic rings. The molecule has 5 N–H and O–H groups in total. The molecule has 1 fully saturated rings. The summed E-state index contributed by atoms with van der Waals surface area (Å²) >= 11 is 5.85. The quantitative estimate of drug-likeness (QED) is 0.462. The number of hydrazine groups is 1. The highest BCUT2D eigenvalue weighted by molar-refractivity contribution is 6.30. The van der Waals surface area contributed by atoms with E-state index in [1.54, 1.807) is 31.2 Å². The number of hydrogen-bond donors (Lipinski definition) is 3. The predicted molar refractivity (Wildman–Crippen MR) is 106 cm³/mol. The second-order valence-electron chi connectivity index (χ2n) is 6.12. The van der Waals surface area contributed by atoms with Crippen molar-refractivity contribution in [2.75, 3.05) is 36.1 Å². The Hall–Kier alpha value is -3.11. The molecule has 0 aliphatic carbocycles. The third-order valence-corrected chi connectivity index (χ3v) is 4.27. The molecule has 0 bridgehead atoms. The lowest BCUT2D eigenvalue weighted by Gasteiger charge is -2.27. The fourth-order valence-corrected chi connectivity index (χ4v) is 2.67. The first kappa shape index (κ1) is 19.6. The van der Waals surface area contributed by atoms with Crippen LogP contribution in [0.15, 0.2) is 41.9 Å².